The lowest BCUT2D eigenvalue weighted by Crippen LogP contribution is -2.10. The predicted molar refractivity (Wildman–Crippen MR) is 168 cm³/mol. The van der Waals surface area contributed by atoms with Crippen molar-refractivity contribution in [2.45, 2.75) is 39.9 Å². The van der Waals surface area contributed by atoms with Crippen molar-refractivity contribution in [3.8, 4) is 45.6 Å². The van der Waals surface area contributed by atoms with Crippen LogP contribution in [-0.4, -0.2) is 40.0 Å². The van der Waals surface area contributed by atoms with E-state index in [0.717, 1.165) is 11.1 Å². The van der Waals surface area contributed by atoms with E-state index in [0.29, 0.717) is 56.8 Å². The number of hydrogen-bond acceptors (Lipinski definition) is 8. The van der Waals surface area contributed by atoms with E-state index in [1.165, 1.54) is 42.3 Å². The maximum absolute atomic E-state index is 12.6. The van der Waals surface area contributed by atoms with Crippen LogP contribution in [-0.2, 0) is 35.6 Å². The molecular weight excluding hydrogens is 560 g/mol. The third kappa shape index (κ3) is 7.32. The summed E-state index contributed by atoms with van der Waals surface area (Å²) in [7, 11) is 6.12. The van der Waals surface area contributed by atoms with Gasteiger partial charge in [0.25, 0.3) is 0 Å². The number of methoxy groups -OCH3 is 4. The van der Waals surface area contributed by atoms with Gasteiger partial charge in [-0.15, -0.1) is 0 Å². The van der Waals surface area contributed by atoms with Crippen molar-refractivity contribution in [1.29, 1.82) is 0 Å². The molecule has 230 valence electrons. The zero-order chi connectivity index (χ0) is 31.6. The Bertz CT molecular complexity index is 1480. The number of ketones is 2. The molecule has 0 radical (unpaired) electrons. The minimum Gasteiger partial charge on any atom is -0.493 e. The summed E-state index contributed by atoms with van der Waals surface area (Å²) in [5.74, 6) is 2.01. The summed E-state index contributed by atoms with van der Waals surface area (Å²) in [4.78, 5) is 25.2. The summed E-state index contributed by atoms with van der Waals surface area (Å²) in [5, 5.41) is 0. The van der Waals surface area contributed by atoms with Crippen LogP contribution in [0, 0.1) is 0 Å². The Hall–Kier alpha value is -4.98. The molecule has 0 heterocycles. The molecule has 4 aromatic rings. The van der Waals surface area contributed by atoms with Crippen molar-refractivity contribution in [3.05, 3.63) is 95.1 Å². The largest absolute Gasteiger partial charge is 0.493 e. The number of ether oxygens (including phenoxy) is 6. The zero-order valence-electron chi connectivity index (χ0n) is 26.0. The molecule has 0 aromatic heterocycles. The third-order valence-electron chi connectivity index (χ3n) is 7.00. The molecule has 0 bridgehead atoms. The Balaban J connectivity index is 2.02. The number of hydrogen-bond donors (Lipinski definition) is 0. The molecule has 0 aliphatic carbocycles. The minimum atomic E-state index is -0.0746. The first-order valence-corrected chi connectivity index (χ1v) is 14.2. The van der Waals surface area contributed by atoms with Gasteiger partial charge in [0, 0.05) is 24.0 Å². The Morgan fingerprint density at radius 1 is 0.523 bits per heavy atom. The highest BCUT2D eigenvalue weighted by molar-refractivity contribution is 5.93. The van der Waals surface area contributed by atoms with E-state index in [9.17, 15) is 9.59 Å². The van der Waals surface area contributed by atoms with Crippen molar-refractivity contribution >= 4 is 11.6 Å². The summed E-state index contributed by atoms with van der Waals surface area (Å²) >= 11 is 0. The fourth-order valence-corrected chi connectivity index (χ4v) is 5.12. The van der Waals surface area contributed by atoms with Crippen LogP contribution in [0.3, 0.4) is 0 Å². The van der Waals surface area contributed by atoms with Crippen LogP contribution in [0.15, 0.2) is 72.8 Å². The first-order valence-electron chi connectivity index (χ1n) is 14.2. The van der Waals surface area contributed by atoms with Gasteiger partial charge in [-0.25, -0.2) is 0 Å². The number of rotatable bonds is 15. The van der Waals surface area contributed by atoms with Gasteiger partial charge in [0.15, 0.2) is 23.0 Å². The van der Waals surface area contributed by atoms with Crippen LogP contribution in [0.25, 0.3) is 11.1 Å². The van der Waals surface area contributed by atoms with Gasteiger partial charge in [-0.3, -0.25) is 9.59 Å². The lowest BCUT2D eigenvalue weighted by Gasteiger charge is -2.25. The predicted octanol–water partition coefficient (Wildman–Crippen LogP) is 6.81. The molecule has 0 aliphatic rings. The molecule has 8 heteroatoms. The van der Waals surface area contributed by atoms with E-state index >= 15 is 0 Å². The monoisotopic (exact) mass is 598 g/mol. The van der Waals surface area contributed by atoms with E-state index in [1.54, 1.807) is 12.1 Å². The van der Waals surface area contributed by atoms with Gasteiger partial charge in [0.2, 0.25) is 11.5 Å². The van der Waals surface area contributed by atoms with Gasteiger partial charge in [0.1, 0.15) is 24.8 Å². The molecule has 44 heavy (non-hydrogen) atoms. The molecule has 4 rings (SSSR count). The van der Waals surface area contributed by atoms with E-state index in [-0.39, 0.29) is 37.6 Å². The highest BCUT2D eigenvalue weighted by Gasteiger charge is 2.31. The van der Waals surface area contributed by atoms with Crippen LogP contribution in [0.2, 0.25) is 0 Å². The second-order valence-corrected chi connectivity index (χ2v) is 10.3. The molecule has 8 nitrogen and oxygen atoms in total. The van der Waals surface area contributed by atoms with Crippen molar-refractivity contribution in [2.24, 2.45) is 0 Å². The molecule has 0 saturated carbocycles. The van der Waals surface area contributed by atoms with Gasteiger partial charge in [-0.05, 0) is 48.2 Å². The fourth-order valence-electron chi connectivity index (χ4n) is 5.12. The van der Waals surface area contributed by atoms with Crippen LogP contribution in [0.5, 0.6) is 34.5 Å². The van der Waals surface area contributed by atoms with Gasteiger partial charge in [0.05, 0.1) is 28.4 Å². The average molecular weight is 599 g/mol. The highest BCUT2D eigenvalue weighted by atomic mass is 16.5. The Labute approximate surface area is 258 Å². The van der Waals surface area contributed by atoms with Crippen molar-refractivity contribution in [1.82, 2.24) is 0 Å². The van der Waals surface area contributed by atoms with Crippen molar-refractivity contribution < 1.29 is 38.0 Å². The van der Waals surface area contributed by atoms with Crippen molar-refractivity contribution in [2.75, 3.05) is 28.4 Å². The summed E-state index contributed by atoms with van der Waals surface area (Å²) < 4.78 is 36.2. The van der Waals surface area contributed by atoms with Gasteiger partial charge in [-0.2, -0.15) is 0 Å². The zero-order valence-corrected chi connectivity index (χ0v) is 26.0. The third-order valence-corrected chi connectivity index (χ3v) is 7.00. The van der Waals surface area contributed by atoms with Crippen LogP contribution >= 0.6 is 0 Å². The van der Waals surface area contributed by atoms with E-state index in [2.05, 4.69) is 0 Å². The summed E-state index contributed by atoms with van der Waals surface area (Å²) in [6.07, 6.45) is 0.131. The molecule has 0 N–H and O–H groups in total. The topological polar surface area (TPSA) is 89.5 Å². The standard InChI is InChI=1S/C36H38O8/c1-23(37)17-27-19-29(39-3)33(43-21-25-13-9-7-10-14-25)35(41-5)31(27)32-28(18-24(2)38)20-30(40-4)34(36(32)42-6)44-22-26-15-11-8-12-16-26/h7-16,19-20H,17-18,21-22H2,1-6H3. The van der Waals surface area contributed by atoms with E-state index in [4.69, 9.17) is 28.4 Å². The van der Waals surface area contributed by atoms with Crippen molar-refractivity contribution in [3.63, 3.8) is 0 Å². The lowest BCUT2D eigenvalue weighted by molar-refractivity contribution is -0.117. The Morgan fingerprint density at radius 2 is 0.886 bits per heavy atom. The smallest absolute Gasteiger partial charge is 0.204 e. The maximum Gasteiger partial charge on any atom is 0.204 e. The lowest BCUT2D eigenvalue weighted by atomic mass is 9.88. The molecule has 0 aliphatic heterocycles. The second kappa shape index (κ2) is 15.0. The minimum absolute atomic E-state index is 0.0654. The molecule has 0 amide bonds. The average Bonchev–Trinajstić information content (AvgIpc) is 3.02. The molecule has 4 aromatic carbocycles. The number of carbonyl (C=O) groups is 2. The fraction of sp³-hybridized carbons (Fsp3) is 0.278. The Morgan fingerprint density at radius 3 is 1.18 bits per heavy atom. The number of Topliss-reactive ketones (excluding diaryl/α,β-unsaturated/α-hetero) is 2. The SMILES string of the molecule is COc1cc(CC(C)=O)c(-c2c(CC(C)=O)cc(OC)c(OCc3ccccc3)c2OC)c(OC)c1OCc1ccccc1. The molecule has 0 fully saturated rings. The van der Waals surface area contributed by atoms with Gasteiger partial charge < -0.3 is 28.4 Å². The van der Waals surface area contributed by atoms with Crippen LogP contribution < -0.4 is 28.4 Å². The summed E-state index contributed by atoms with van der Waals surface area (Å²) in [6.45, 7) is 3.51. The molecule has 0 spiro atoms. The second-order valence-electron chi connectivity index (χ2n) is 10.3. The molecular formula is C36H38O8. The Kier molecular flexibility index (Phi) is 10.9. The summed E-state index contributed by atoms with van der Waals surface area (Å²) in [5.41, 5.74) is 4.18. The quantitative estimate of drug-likeness (QED) is 0.147. The van der Waals surface area contributed by atoms with E-state index in [1.807, 2.05) is 60.7 Å². The van der Waals surface area contributed by atoms with Crippen LogP contribution in [0.1, 0.15) is 36.1 Å². The normalized spacial score (nSPS) is 10.6. The maximum atomic E-state index is 12.6. The molecule has 0 unspecified atom stereocenters. The van der Waals surface area contributed by atoms with Crippen LogP contribution in [0.4, 0.5) is 0 Å². The highest BCUT2D eigenvalue weighted by Crippen LogP contribution is 2.54. The number of benzene rings is 4. The number of carbonyl (C=O) groups excluding carboxylic acids is 2. The first kappa shape index (κ1) is 31.9. The van der Waals surface area contributed by atoms with Gasteiger partial charge in [-0.1, -0.05) is 60.7 Å². The summed E-state index contributed by atoms with van der Waals surface area (Å²) in [6, 6.07) is 23.0. The first-order chi connectivity index (χ1) is 21.3. The van der Waals surface area contributed by atoms with E-state index < -0.39 is 0 Å². The molecule has 0 atom stereocenters. The van der Waals surface area contributed by atoms with Gasteiger partial charge >= 0.3 is 0 Å². The molecule has 0 saturated heterocycles.